The van der Waals surface area contributed by atoms with E-state index in [-0.39, 0.29) is 10.7 Å². The number of alkyl halides is 3. The van der Waals surface area contributed by atoms with Gasteiger partial charge in [0.1, 0.15) is 10.7 Å². The molecule has 0 fully saturated rings. The Hall–Kier alpha value is -3.10. The third-order valence-corrected chi connectivity index (χ3v) is 5.39. The molecule has 0 amide bonds. The molecule has 30 heavy (non-hydrogen) atoms. The molecule has 0 spiro atoms. The van der Waals surface area contributed by atoms with Gasteiger partial charge in [0.15, 0.2) is 0 Å². The Morgan fingerprint density at radius 1 is 1.07 bits per heavy atom. The van der Waals surface area contributed by atoms with Crippen molar-refractivity contribution in [2.24, 2.45) is 5.10 Å². The summed E-state index contributed by atoms with van der Waals surface area (Å²) in [7, 11) is 0. The van der Waals surface area contributed by atoms with Crippen LogP contribution in [0.3, 0.4) is 0 Å². The van der Waals surface area contributed by atoms with Crippen LogP contribution in [0, 0.1) is 0 Å². The highest BCUT2D eigenvalue weighted by atomic mass is 35.5. The molecule has 152 valence electrons. The molecular formula is C21H14ClF3N4S. The number of halogens is 4. The van der Waals surface area contributed by atoms with E-state index in [0.29, 0.717) is 11.3 Å². The monoisotopic (exact) mass is 446 g/mol. The molecule has 4 rings (SSSR count). The van der Waals surface area contributed by atoms with Gasteiger partial charge in [0.2, 0.25) is 0 Å². The summed E-state index contributed by atoms with van der Waals surface area (Å²) in [5.74, 6) is 0. The zero-order valence-electron chi connectivity index (χ0n) is 15.3. The summed E-state index contributed by atoms with van der Waals surface area (Å²) in [5.41, 5.74) is 4.15. The second-order valence-electron chi connectivity index (χ2n) is 6.26. The lowest BCUT2D eigenvalue weighted by atomic mass is 10.1. The van der Waals surface area contributed by atoms with E-state index in [1.165, 1.54) is 23.6 Å². The first kappa shape index (κ1) is 20.2. The lowest BCUT2D eigenvalue weighted by Gasteiger charge is -2.09. The van der Waals surface area contributed by atoms with E-state index >= 15 is 0 Å². The Kier molecular flexibility index (Phi) is 5.61. The van der Waals surface area contributed by atoms with Gasteiger partial charge in [-0.3, -0.25) is 5.43 Å². The van der Waals surface area contributed by atoms with Crippen molar-refractivity contribution < 1.29 is 13.2 Å². The van der Waals surface area contributed by atoms with E-state index in [1.54, 1.807) is 4.68 Å². The molecule has 9 heteroatoms. The second-order valence-corrected chi connectivity index (χ2v) is 7.59. The number of nitrogens with zero attached hydrogens (tertiary/aromatic N) is 3. The Labute approximate surface area is 179 Å². The number of hydrogen-bond acceptors (Lipinski definition) is 4. The Morgan fingerprint density at radius 3 is 2.57 bits per heavy atom. The van der Waals surface area contributed by atoms with Crippen LogP contribution >= 0.6 is 22.9 Å². The summed E-state index contributed by atoms with van der Waals surface area (Å²) in [6.45, 7) is 0. The summed E-state index contributed by atoms with van der Waals surface area (Å²) >= 11 is 7.54. The molecule has 0 atom stereocenters. The number of hydrogen-bond donors (Lipinski definition) is 1. The van der Waals surface area contributed by atoms with Crippen molar-refractivity contribution in [1.29, 1.82) is 0 Å². The Balaban J connectivity index is 1.65. The van der Waals surface area contributed by atoms with Crippen LogP contribution in [0.2, 0.25) is 5.02 Å². The number of benzene rings is 2. The number of anilines is 1. The molecule has 2 aromatic carbocycles. The van der Waals surface area contributed by atoms with Gasteiger partial charge in [0.05, 0.1) is 22.5 Å². The molecule has 2 heterocycles. The average molecular weight is 447 g/mol. The van der Waals surface area contributed by atoms with Crippen molar-refractivity contribution in [3.05, 3.63) is 88.4 Å². The highest BCUT2D eigenvalue weighted by molar-refractivity contribution is 7.12. The standard InChI is InChI=1S/C21H14ClF3N4S/c22-17-9-8-16(21(23,24)25)11-18(17)27-26-12-15-13-29(19-7-4-10-30-19)28-20(15)14-5-2-1-3-6-14/h1-13,27H/b26-12+. The van der Waals surface area contributed by atoms with Crippen LogP contribution in [0.4, 0.5) is 18.9 Å². The number of hydrazone groups is 1. The maximum Gasteiger partial charge on any atom is 0.416 e. The van der Waals surface area contributed by atoms with Crippen LogP contribution in [-0.4, -0.2) is 16.0 Å². The van der Waals surface area contributed by atoms with Crippen molar-refractivity contribution >= 4 is 34.8 Å². The van der Waals surface area contributed by atoms with Gasteiger partial charge < -0.3 is 0 Å². The molecule has 1 N–H and O–H groups in total. The molecule has 2 aromatic heterocycles. The minimum absolute atomic E-state index is 0.0645. The largest absolute Gasteiger partial charge is 0.416 e. The van der Waals surface area contributed by atoms with Crippen molar-refractivity contribution in [1.82, 2.24) is 9.78 Å². The fraction of sp³-hybridized carbons (Fsp3) is 0.0476. The van der Waals surface area contributed by atoms with Gasteiger partial charge in [0, 0.05) is 17.3 Å². The smallest absolute Gasteiger partial charge is 0.277 e. The van der Waals surface area contributed by atoms with Gasteiger partial charge in [-0.05, 0) is 35.7 Å². The molecular weight excluding hydrogens is 433 g/mol. The zero-order valence-corrected chi connectivity index (χ0v) is 16.8. The molecule has 0 aliphatic carbocycles. The minimum Gasteiger partial charge on any atom is -0.277 e. The molecule has 4 nitrogen and oxygen atoms in total. The first-order valence-electron chi connectivity index (χ1n) is 8.76. The van der Waals surface area contributed by atoms with Crippen molar-refractivity contribution in [2.75, 3.05) is 5.43 Å². The summed E-state index contributed by atoms with van der Waals surface area (Å²) in [5, 5.41) is 11.8. The summed E-state index contributed by atoms with van der Waals surface area (Å²) in [4.78, 5) is 0. The quantitative estimate of drug-likeness (QED) is 0.273. The van der Waals surface area contributed by atoms with Gasteiger partial charge in [-0.2, -0.15) is 23.4 Å². The van der Waals surface area contributed by atoms with Crippen molar-refractivity contribution in [2.45, 2.75) is 6.18 Å². The third-order valence-electron chi connectivity index (χ3n) is 4.20. The summed E-state index contributed by atoms with van der Waals surface area (Å²) < 4.78 is 40.6. The molecule has 0 saturated carbocycles. The molecule has 0 unspecified atom stereocenters. The van der Waals surface area contributed by atoms with Crippen LogP contribution in [0.5, 0.6) is 0 Å². The average Bonchev–Trinajstić information content (AvgIpc) is 3.39. The van der Waals surface area contributed by atoms with Crippen LogP contribution in [-0.2, 0) is 6.18 Å². The third kappa shape index (κ3) is 4.39. The van der Waals surface area contributed by atoms with Crippen LogP contribution < -0.4 is 5.43 Å². The van der Waals surface area contributed by atoms with Crippen LogP contribution in [0.25, 0.3) is 16.3 Å². The van der Waals surface area contributed by atoms with Gasteiger partial charge in [-0.15, -0.1) is 11.3 Å². The highest BCUT2D eigenvalue weighted by Gasteiger charge is 2.30. The predicted molar refractivity (Wildman–Crippen MR) is 115 cm³/mol. The molecule has 0 aliphatic heterocycles. The minimum atomic E-state index is -4.47. The highest BCUT2D eigenvalue weighted by Crippen LogP contribution is 2.34. The number of thiophene rings is 1. The van der Waals surface area contributed by atoms with E-state index in [0.717, 1.165) is 22.7 Å². The number of rotatable bonds is 5. The van der Waals surface area contributed by atoms with E-state index in [1.807, 2.05) is 54.0 Å². The van der Waals surface area contributed by atoms with Crippen LogP contribution in [0.1, 0.15) is 11.1 Å². The summed E-state index contributed by atoms with van der Waals surface area (Å²) in [6.07, 6.45) is -1.14. The zero-order chi connectivity index (χ0) is 21.1. The topological polar surface area (TPSA) is 42.2 Å². The van der Waals surface area contributed by atoms with Gasteiger partial charge in [0.25, 0.3) is 0 Å². The fourth-order valence-electron chi connectivity index (χ4n) is 2.77. The summed E-state index contributed by atoms with van der Waals surface area (Å²) in [6, 6.07) is 16.5. The Bertz CT molecular complexity index is 1170. The maximum absolute atomic E-state index is 12.9. The lowest BCUT2D eigenvalue weighted by Crippen LogP contribution is -2.05. The lowest BCUT2D eigenvalue weighted by molar-refractivity contribution is -0.137. The first-order chi connectivity index (χ1) is 14.4. The van der Waals surface area contributed by atoms with Gasteiger partial charge in [-0.25, -0.2) is 4.68 Å². The van der Waals surface area contributed by atoms with Gasteiger partial charge >= 0.3 is 6.18 Å². The second kappa shape index (κ2) is 8.33. The molecule has 4 aromatic rings. The van der Waals surface area contributed by atoms with E-state index in [2.05, 4.69) is 15.6 Å². The first-order valence-corrected chi connectivity index (χ1v) is 10.0. The van der Waals surface area contributed by atoms with Crippen LogP contribution in [0.15, 0.2) is 77.3 Å². The normalized spacial score (nSPS) is 11.9. The van der Waals surface area contributed by atoms with Crippen molar-refractivity contribution in [3.8, 4) is 16.3 Å². The molecule has 0 radical (unpaired) electrons. The molecule has 0 aliphatic rings. The van der Waals surface area contributed by atoms with Gasteiger partial charge in [-0.1, -0.05) is 41.9 Å². The molecule has 0 saturated heterocycles. The van der Waals surface area contributed by atoms with E-state index < -0.39 is 11.7 Å². The maximum atomic E-state index is 12.9. The van der Waals surface area contributed by atoms with E-state index in [4.69, 9.17) is 11.6 Å². The Morgan fingerprint density at radius 2 is 1.87 bits per heavy atom. The number of aromatic nitrogens is 2. The van der Waals surface area contributed by atoms with E-state index in [9.17, 15) is 13.2 Å². The number of nitrogens with one attached hydrogen (secondary N) is 1. The van der Waals surface area contributed by atoms with Crippen molar-refractivity contribution in [3.63, 3.8) is 0 Å². The SMILES string of the molecule is FC(F)(F)c1ccc(Cl)c(N/N=C/c2cn(-c3cccs3)nc2-c2ccccc2)c1. The fourth-order valence-corrected chi connectivity index (χ4v) is 3.59. The predicted octanol–water partition coefficient (Wildman–Crippen LogP) is 6.72. The molecule has 0 bridgehead atoms.